The number of hydrogen-bond acceptors (Lipinski definition) is 5. The van der Waals surface area contributed by atoms with Gasteiger partial charge in [-0.05, 0) is 52.7 Å². The molecule has 0 saturated heterocycles. The Bertz CT molecular complexity index is 1130. The van der Waals surface area contributed by atoms with E-state index in [0.29, 0.717) is 5.56 Å². The van der Waals surface area contributed by atoms with Crippen LogP contribution in [0.15, 0.2) is 76.7 Å². The van der Waals surface area contributed by atoms with Gasteiger partial charge in [-0.2, -0.15) is 9.41 Å². The molecular weight excluding hydrogens is 378 g/mol. The Kier molecular flexibility index (Phi) is 5.72. The molecule has 0 aliphatic heterocycles. The van der Waals surface area contributed by atoms with Gasteiger partial charge >= 0.3 is 0 Å². The third-order valence-electron chi connectivity index (χ3n) is 4.09. The van der Waals surface area contributed by atoms with Crippen LogP contribution in [0.3, 0.4) is 0 Å². The maximum Gasteiger partial charge on any atom is 0.255 e. The van der Waals surface area contributed by atoms with Crippen molar-refractivity contribution < 1.29 is 18.3 Å². The smallest absolute Gasteiger partial charge is 0.255 e. The molecule has 0 spiro atoms. The summed E-state index contributed by atoms with van der Waals surface area (Å²) in [4.78, 5) is 12.1. The van der Waals surface area contributed by atoms with Crippen molar-refractivity contribution in [3.05, 3.63) is 72.3 Å². The van der Waals surface area contributed by atoms with Crippen LogP contribution in [0, 0.1) is 0 Å². The van der Waals surface area contributed by atoms with Crippen LogP contribution in [0.1, 0.15) is 5.56 Å². The van der Waals surface area contributed by atoms with E-state index >= 15 is 0 Å². The zero-order valence-corrected chi connectivity index (χ0v) is 15.9. The molecule has 8 heteroatoms. The molecule has 0 radical (unpaired) electrons. The van der Waals surface area contributed by atoms with Gasteiger partial charge in [-0.15, -0.1) is 0 Å². The van der Waals surface area contributed by atoms with Crippen LogP contribution < -0.4 is 5.43 Å². The van der Waals surface area contributed by atoms with Crippen molar-refractivity contribution in [1.29, 1.82) is 0 Å². The van der Waals surface area contributed by atoms with Crippen molar-refractivity contribution in [2.75, 3.05) is 13.6 Å². The fourth-order valence-corrected chi connectivity index (χ4v) is 3.73. The van der Waals surface area contributed by atoms with Gasteiger partial charge in [0, 0.05) is 7.05 Å². The molecule has 0 aliphatic rings. The molecule has 0 aromatic heterocycles. The van der Waals surface area contributed by atoms with Crippen molar-refractivity contribution in [2.45, 2.75) is 4.90 Å². The standard InChI is InChI=1S/C20H19N3O4S/c1-23(14-20(25)22-21-13-15-6-9-18(24)10-7-15)28(26,27)19-11-8-16-4-2-3-5-17(16)12-19/h2-13,24H,14H2,1H3,(H,22,25). The van der Waals surface area contributed by atoms with E-state index in [4.69, 9.17) is 0 Å². The fourth-order valence-electron chi connectivity index (χ4n) is 2.57. The predicted octanol–water partition coefficient (Wildman–Crippen LogP) is 2.32. The van der Waals surface area contributed by atoms with Crippen molar-refractivity contribution in [1.82, 2.24) is 9.73 Å². The van der Waals surface area contributed by atoms with Gasteiger partial charge in [-0.25, -0.2) is 13.8 Å². The monoisotopic (exact) mass is 397 g/mol. The maximum absolute atomic E-state index is 12.7. The number of sulfonamides is 1. The van der Waals surface area contributed by atoms with Gasteiger partial charge in [-0.1, -0.05) is 30.3 Å². The number of phenols is 1. The Morgan fingerprint density at radius 1 is 1.07 bits per heavy atom. The van der Waals surface area contributed by atoms with Crippen LogP contribution in [0.25, 0.3) is 10.8 Å². The molecule has 0 atom stereocenters. The number of carbonyl (C=O) groups excluding carboxylic acids is 1. The van der Waals surface area contributed by atoms with E-state index in [9.17, 15) is 18.3 Å². The minimum Gasteiger partial charge on any atom is -0.508 e. The Labute approximate surface area is 163 Å². The molecule has 1 amide bonds. The molecule has 0 fully saturated rings. The number of hydrogen-bond donors (Lipinski definition) is 2. The van der Waals surface area contributed by atoms with Crippen molar-refractivity contribution in [2.24, 2.45) is 5.10 Å². The number of rotatable bonds is 6. The molecule has 3 aromatic carbocycles. The van der Waals surface area contributed by atoms with Gasteiger partial charge in [-0.3, -0.25) is 4.79 Å². The summed E-state index contributed by atoms with van der Waals surface area (Å²) in [5, 5.41) is 14.8. The highest BCUT2D eigenvalue weighted by molar-refractivity contribution is 7.89. The summed E-state index contributed by atoms with van der Waals surface area (Å²) in [6.45, 7) is -0.373. The second-order valence-electron chi connectivity index (χ2n) is 6.15. The molecule has 3 rings (SSSR count). The Morgan fingerprint density at radius 2 is 1.75 bits per heavy atom. The number of hydrazone groups is 1. The summed E-state index contributed by atoms with van der Waals surface area (Å²) < 4.78 is 26.4. The molecule has 0 heterocycles. The largest absolute Gasteiger partial charge is 0.508 e. The van der Waals surface area contributed by atoms with Gasteiger partial charge < -0.3 is 5.11 Å². The van der Waals surface area contributed by atoms with E-state index in [1.54, 1.807) is 24.3 Å². The topological polar surface area (TPSA) is 99.1 Å². The highest BCUT2D eigenvalue weighted by atomic mass is 32.2. The van der Waals surface area contributed by atoms with Crippen molar-refractivity contribution >= 4 is 32.9 Å². The summed E-state index contributed by atoms with van der Waals surface area (Å²) in [6.07, 6.45) is 1.40. The second kappa shape index (κ2) is 8.20. The predicted molar refractivity (Wildman–Crippen MR) is 108 cm³/mol. The van der Waals surface area contributed by atoms with E-state index in [1.807, 2.05) is 24.3 Å². The van der Waals surface area contributed by atoms with Crippen LogP contribution in [0.5, 0.6) is 5.75 Å². The average molecular weight is 397 g/mol. The number of aromatic hydroxyl groups is 1. The van der Waals surface area contributed by atoms with Crippen LogP contribution in [0.2, 0.25) is 0 Å². The molecule has 0 saturated carbocycles. The molecule has 7 nitrogen and oxygen atoms in total. The molecular formula is C20H19N3O4S. The number of fused-ring (bicyclic) bond motifs is 1. The third kappa shape index (κ3) is 4.54. The molecule has 0 unspecified atom stereocenters. The van der Waals surface area contributed by atoms with Crippen molar-refractivity contribution in [3.8, 4) is 5.75 Å². The maximum atomic E-state index is 12.7. The van der Waals surface area contributed by atoms with Gasteiger partial charge in [0.05, 0.1) is 17.7 Å². The Morgan fingerprint density at radius 3 is 2.46 bits per heavy atom. The first-order valence-corrected chi connectivity index (χ1v) is 9.86. The van der Waals surface area contributed by atoms with E-state index in [-0.39, 0.29) is 17.2 Å². The second-order valence-corrected chi connectivity index (χ2v) is 8.20. The lowest BCUT2D eigenvalue weighted by molar-refractivity contribution is -0.121. The minimum absolute atomic E-state index is 0.120. The lowest BCUT2D eigenvalue weighted by Crippen LogP contribution is -2.36. The van der Waals surface area contributed by atoms with E-state index in [2.05, 4.69) is 10.5 Å². The van der Waals surface area contributed by atoms with Crippen LogP contribution >= 0.6 is 0 Å². The highest BCUT2D eigenvalue weighted by Crippen LogP contribution is 2.21. The highest BCUT2D eigenvalue weighted by Gasteiger charge is 2.23. The number of nitrogens with one attached hydrogen (secondary N) is 1. The van der Waals surface area contributed by atoms with Crippen LogP contribution in [-0.2, 0) is 14.8 Å². The normalized spacial score (nSPS) is 11.9. The van der Waals surface area contributed by atoms with E-state index in [1.165, 1.54) is 31.5 Å². The molecule has 2 N–H and O–H groups in total. The summed E-state index contributed by atoms with van der Waals surface area (Å²) in [7, 11) is -2.47. The van der Waals surface area contributed by atoms with Gasteiger partial charge in [0.2, 0.25) is 10.0 Å². The van der Waals surface area contributed by atoms with E-state index < -0.39 is 15.9 Å². The number of phenolic OH excluding ortho intramolecular Hbond substituents is 1. The Hall–Kier alpha value is -3.23. The lowest BCUT2D eigenvalue weighted by atomic mass is 10.1. The first kappa shape index (κ1) is 19.5. The first-order chi connectivity index (χ1) is 13.4. The first-order valence-electron chi connectivity index (χ1n) is 8.42. The number of nitrogens with zero attached hydrogens (tertiary/aromatic N) is 2. The third-order valence-corrected chi connectivity index (χ3v) is 5.89. The molecule has 28 heavy (non-hydrogen) atoms. The zero-order chi connectivity index (χ0) is 20.1. The molecule has 0 aliphatic carbocycles. The summed E-state index contributed by atoms with van der Waals surface area (Å²) in [6, 6.07) is 18.5. The SMILES string of the molecule is CN(CC(=O)NN=Cc1ccc(O)cc1)S(=O)(=O)c1ccc2ccccc2c1. The number of amides is 1. The summed E-state index contributed by atoms with van der Waals surface area (Å²) in [5.74, 6) is -0.441. The molecule has 0 bridgehead atoms. The van der Waals surface area contributed by atoms with Crippen molar-refractivity contribution in [3.63, 3.8) is 0 Å². The Balaban J connectivity index is 1.65. The van der Waals surface area contributed by atoms with Gasteiger partial charge in [0.1, 0.15) is 5.75 Å². The lowest BCUT2D eigenvalue weighted by Gasteiger charge is -2.16. The van der Waals surface area contributed by atoms with Crippen LogP contribution in [0.4, 0.5) is 0 Å². The van der Waals surface area contributed by atoms with E-state index in [0.717, 1.165) is 15.1 Å². The van der Waals surface area contributed by atoms with Gasteiger partial charge in [0.15, 0.2) is 0 Å². The number of carbonyl (C=O) groups is 1. The summed E-state index contributed by atoms with van der Waals surface area (Å²) in [5.41, 5.74) is 2.97. The van der Waals surface area contributed by atoms with Crippen LogP contribution in [-0.4, -0.2) is 43.5 Å². The molecule has 144 valence electrons. The fraction of sp³-hybridized carbons (Fsp3) is 0.100. The summed E-state index contributed by atoms with van der Waals surface area (Å²) >= 11 is 0. The minimum atomic E-state index is -3.81. The average Bonchev–Trinajstić information content (AvgIpc) is 2.69. The number of benzene rings is 3. The zero-order valence-electron chi connectivity index (χ0n) is 15.1. The number of likely N-dealkylation sites (N-methyl/N-ethyl adjacent to an activating group) is 1. The quantitative estimate of drug-likeness (QED) is 0.492. The molecule has 3 aromatic rings. The van der Waals surface area contributed by atoms with Gasteiger partial charge in [0.25, 0.3) is 5.91 Å².